The highest BCUT2D eigenvalue weighted by Gasteiger charge is 2.39. The summed E-state index contributed by atoms with van der Waals surface area (Å²) >= 11 is 0. The molecule has 5 rings (SSSR count). The van der Waals surface area contributed by atoms with Gasteiger partial charge in [0.2, 0.25) is 0 Å². The molecule has 1 saturated heterocycles. The van der Waals surface area contributed by atoms with Gasteiger partial charge in [0.05, 0.1) is 11.1 Å². The number of aryl methyl sites for hydroxylation is 1. The van der Waals surface area contributed by atoms with E-state index in [0.717, 1.165) is 30.5 Å². The van der Waals surface area contributed by atoms with Crippen LogP contribution in [0.15, 0.2) is 79.0 Å². The van der Waals surface area contributed by atoms with E-state index in [1.807, 2.05) is 54.7 Å². The Bertz CT molecular complexity index is 1460. The first-order chi connectivity index (χ1) is 19.5. The second kappa shape index (κ2) is 11.6. The Morgan fingerprint density at radius 2 is 1.51 bits per heavy atom. The predicted molar refractivity (Wildman–Crippen MR) is 144 cm³/mol. The molecule has 216 valence electrons. The van der Waals surface area contributed by atoms with Gasteiger partial charge in [-0.2, -0.15) is 26.3 Å². The van der Waals surface area contributed by atoms with E-state index in [-0.39, 0.29) is 12.6 Å². The fourth-order valence-corrected chi connectivity index (χ4v) is 5.53. The highest BCUT2D eigenvalue weighted by atomic mass is 19.4. The van der Waals surface area contributed by atoms with Gasteiger partial charge in [-0.15, -0.1) is 0 Å². The molecular weight excluding hydrogens is 544 g/mol. The maximum absolute atomic E-state index is 13.5. The van der Waals surface area contributed by atoms with Gasteiger partial charge in [0, 0.05) is 48.3 Å². The molecule has 0 unspecified atom stereocenters. The van der Waals surface area contributed by atoms with Crippen molar-refractivity contribution in [3.8, 4) is 0 Å². The number of nitrogens with one attached hydrogen (secondary N) is 1. The zero-order valence-corrected chi connectivity index (χ0v) is 22.1. The third-order valence-corrected chi connectivity index (χ3v) is 7.57. The van der Waals surface area contributed by atoms with Crippen LogP contribution in [0.25, 0.3) is 10.9 Å². The predicted octanol–water partition coefficient (Wildman–Crippen LogP) is 7.21. The lowest BCUT2D eigenvalue weighted by Crippen LogP contribution is -2.56. The average Bonchev–Trinajstić information content (AvgIpc) is 3.35. The minimum absolute atomic E-state index is 0.0455. The summed E-state index contributed by atoms with van der Waals surface area (Å²) in [5.41, 5.74) is -0.396. The van der Waals surface area contributed by atoms with Crippen LogP contribution < -0.4 is 0 Å². The fourth-order valence-electron chi connectivity index (χ4n) is 5.53. The lowest BCUT2D eigenvalue weighted by atomic mass is 9.99. The number of H-pyrrole nitrogens is 1. The molecule has 1 atom stereocenters. The number of alkyl halides is 6. The highest BCUT2D eigenvalue weighted by molar-refractivity contribution is 5.95. The quantitative estimate of drug-likeness (QED) is 0.238. The van der Waals surface area contributed by atoms with Gasteiger partial charge in [-0.3, -0.25) is 9.69 Å². The Kier molecular flexibility index (Phi) is 8.13. The van der Waals surface area contributed by atoms with Gasteiger partial charge >= 0.3 is 12.4 Å². The number of aromatic nitrogens is 1. The molecule has 0 spiro atoms. The first-order valence-electron chi connectivity index (χ1n) is 13.4. The molecule has 41 heavy (non-hydrogen) atoms. The fraction of sp³-hybridized carbons (Fsp3) is 0.323. The van der Waals surface area contributed by atoms with Crippen molar-refractivity contribution in [3.05, 3.63) is 107 Å². The summed E-state index contributed by atoms with van der Waals surface area (Å²) in [5.74, 6) is -0.832. The number of benzene rings is 3. The van der Waals surface area contributed by atoms with Gasteiger partial charge < -0.3 is 9.88 Å². The molecular formula is C31H29F6N3O. The zero-order chi connectivity index (χ0) is 29.2. The molecule has 0 saturated carbocycles. The van der Waals surface area contributed by atoms with Crippen molar-refractivity contribution >= 4 is 16.8 Å². The molecule has 1 aromatic heterocycles. The van der Waals surface area contributed by atoms with E-state index in [1.54, 1.807) is 0 Å². The summed E-state index contributed by atoms with van der Waals surface area (Å²) in [7, 11) is 0. The summed E-state index contributed by atoms with van der Waals surface area (Å²) < 4.78 is 80.8. The molecule has 1 N–H and O–H groups in total. The zero-order valence-electron chi connectivity index (χ0n) is 22.1. The Morgan fingerprint density at radius 1 is 0.854 bits per heavy atom. The highest BCUT2D eigenvalue weighted by Crippen LogP contribution is 2.37. The van der Waals surface area contributed by atoms with Crippen LogP contribution in [0, 0.1) is 0 Å². The van der Waals surface area contributed by atoms with Crippen LogP contribution in [0.2, 0.25) is 0 Å². The van der Waals surface area contributed by atoms with Crippen molar-refractivity contribution < 1.29 is 31.1 Å². The average molecular weight is 574 g/mol. The van der Waals surface area contributed by atoms with Gasteiger partial charge in [0.15, 0.2) is 0 Å². The van der Waals surface area contributed by atoms with Gasteiger partial charge in [0.1, 0.15) is 0 Å². The Labute approximate surface area is 233 Å². The number of carbonyl (C=O) groups is 1. The van der Waals surface area contributed by atoms with Crippen LogP contribution in [0.5, 0.6) is 0 Å². The molecule has 3 aromatic carbocycles. The van der Waals surface area contributed by atoms with E-state index < -0.39 is 41.0 Å². The number of hydrogen-bond donors (Lipinski definition) is 1. The minimum atomic E-state index is -5.02. The lowest BCUT2D eigenvalue weighted by molar-refractivity contribution is -0.143. The number of hydrogen-bond acceptors (Lipinski definition) is 2. The number of halogens is 6. The molecule has 0 aliphatic carbocycles. The molecule has 4 nitrogen and oxygen atoms in total. The minimum Gasteiger partial charge on any atom is -0.361 e. The number of piperazine rings is 1. The number of fused-ring (bicyclic) bond motifs is 1. The summed E-state index contributed by atoms with van der Waals surface area (Å²) in [6, 6.07) is 18.1. The monoisotopic (exact) mass is 573 g/mol. The molecule has 0 radical (unpaired) electrons. The van der Waals surface area contributed by atoms with Crippen molar-refractivity contribution in [2.75, 3.05) is 26.2 Å². The van der Waals surface area contributed by atoms with Crippen LogP contribution in [0.3, 0.4) is 0 Å². The van der Waals surface area contributed by atoms with Crippen LogP contribution in [-0.2, 0) is 25.2 Å². The first kappa shape index (κ1) is 28.7. The van der Waals surface area contributed by atoms with E-state index in [4.69, 9.17) is 0 Å². The van der Waals surface area contributed by atoms with E-state index in [2.05, 4.69) is 16.0 Å². The summed E-state index contributed by atoms with van der Waals surface area (Å²) in [4.78, 5) is 20.4. The smallest absolute Gasteiger partial charge is 0.361 e. The van der Waals surface area contributed by atoms with E-state index >= 15 is 0 Å². The van der Waals surface area contributed by atoms with Crippen molar-refractivity contribution in [1.29, 1.82) is 0 Å². The maximum atomic E-state index is 13.5. The largest absolute Gasteiger partial charge is 0.416 e. The Morgan fingerprint density at radius 3 is 2.20 bits per heavy atom. The van der Waals surface area contributed by atoms with Crippen molar-refractivity contribution in [2.24, 2.45) is 0 Å². The van der Waals surface area contributed by atoms with Gasteiger partial charge in [-0.1, -0.05) is 48.5 Å². The Hall–Kier alpha value is -3.79. The first-order valence-corrected chi connectivity index (χ1v) is 13.4. The number of carbonyl (C=O) groups excluding carboxylic acids is 1. The molecule has 4 aromatic rings. The number of aromatic amines is 1. The van der Waals surface area contributed by atoms with E-state index in [0.29, 0.717) is 31.6 Å². The van der Waals surface area contributed by atoms with Crippen LogP contribution in [0.4, 0.5) is 26.3 Å². The number of para-hydroxylation sites is 1. The SMILES string of the molecule is O=C(c1cc(C(F)(F)F)cc(C(F)(F)F)c1)N1CCN(CCCc2c[nH]c3ccccc23)C[C@H]1Cc1ccccc1. The van der Waals surface area contributed by atoms with Crippen molar-refractivity contribution in [3.63, 3.8) is 0 Å². The van der Waals surface area contributed by atoms with Gasteiger partial charge in [0.25, 0.3) is 5.91 Å². The lowest BCUT2D eigenvalue weighted by Gasteiger charge is -2.42. The molecule has 10 heteroatoms. The third-order valence-electron chi connectivity index (χ3n) is 7.57. The molecule has 0 bridgehead atoms. The topological polar surface area (TPSA) is 39.3 Å². The van der Waals surface area contributed by atoms with Gasteiger partial charge in [-0.05, 0) is 61.2 Å². The number of rotatable bonds is 7. The summed E-state index contributed by atoms with van der Waals surface area (Å²) in [5, 5.41) is 1.17. The van der Waals surface area contributed by atoms with Crippen molar-refractivity contribution in [2.45, 2.75) is 37.7 Å². The van der Waals surface area contributed by atoms with Gasteiger partial charge in [-0.25, -0.2) is 0 Å². The maximum Gasteiger partial charge on any atom is 0.416 e. The number of nitrogens with zero attached hydrogens (tertiary/aromatic N) is 2. The van der Waals surface area contributed by atoms with Crippen molar-refractivity contribution in [1.82, 2.24) is 14.8 Å². The van der Waals surface area contributed by atoms with Crippen LogP contribution >= 0.6 is 0 Å². The second-order valence-corrected chi connectivity index (χ2v) is 10.4. The third kappa shape index (κ3) is 6.75. The normalized spacial score (nSPS) is 16.8. The molecule has 1 amide bonds. The van der Waals surface area contributed by atoms with E-state index in [9.17, 15) is 31.1 Å². The number of amides is 1. The molecule has 2 heterocycles. The molecule has 1 fully saturated rings. The van der Waals surface area contributed by atoms with Crippen LogP contribution in [0.1, 0.15) is 39.0 Å². The Balaban J connectivity index is 1.34. The standard InChI is InChI=1S/C31H29F6N3O/c32-30(33,34)24-16-23(17-25(18-24)31(35,36)37)29(41)40-14-13-39(20-26(40)15-21-7-2-1-3-8-21)12-6-9-22-19-38-28-11-5-4-10-27(22)28/h1-5,7-8,10-11,16-19,26,38H,6,9,12-15,20H2/t26-/m1/s1. The van der Waals surface area contributed by atoms with Crippen LogP contribution in [-0.4, -0.2) is 52.9 Å². The molecule has 1 aliphatic heterocycles. The second-order valence-electron chi connectivity index (χ2n) is 10.4. The summed E-state index contributed by atoms with van der Waals surface area (Å²) in [6.07, 6.45) is -5.92. The molecule has 1 aliphatic rings. The van der Waals surface area contributed by atoms with E-state index in [1.165, 1.54) is 15.8 Å². The summed E-state index contributed by atoms with van der Waals surface area (Å²) in [6.45, 7) is 1.87.